The Hall–Kier alpha value is -3.70. The van der Waals surface area contributed by atoms with Crippen molar-refractivity contribution in [1.82, 2.24) is 24.3 Å². The maximum absolute atomic E-state index is 13.6. The molecule has 8 heteroatoms. The molecule has 168 valence electrons. The van der Waals surface area contributed by atoms with E-state index in [1.54, 1.807) is 13.1 Å². The van der Waals surface area contributed by atoms with Crippen molar-refractivity contribution in [3.8, 4) is 11.8 Å². The average Bonchev–Trinajstić information content (AvgIpc) is 3.18. The first-order valence-corrected chi connectivity index (χ1v) is 11.3. The number of anilines is 1. The van der Waals surface area contributed by atoms with E-state index in [1.807, 2.05) is 29.7 Å². The van der Waals surface area contributed by atoms with Crippen LogP contribution in [0.2, 0.25) is 0 Å². The Balaban J connectivity index is 1.63. The van der Waals surface area contributed by atoms with Crippen molar-refractivity contribution >= 4 is 27.8 Å². The van der Waals surface area contributed by atoms with E-state index in [-0.39, 0.29) is 5.56 Å². The zero-order valence-corrected chi connectivity index (χ0v) is 19.1. The van der Waals surface area contributed by atoms with Gasteiger partial charge in [0.2, 0.25) is 5.95 Å². The van der Waals surface area contributed by atoms with Crippen LogP contribution >= 0.6 is 0 Å². The quantitative estimate of drug-likeness (QED) is 0.486. The van der Waals surface area contributed by atoms with Crippen LogP contribution in [0.15, 0.2) is 41.3 Å². The number of imidazole rings is 1. The van der Waals surface area contributed by atoms with Gasteiger partial charge >= 0.3 is 0 Å². The van der Waals surface area contributed by atoms with Gasteiger partial charge in [-0.15, -0.1) is 5.92 Å². The lowest BCUT2D eigenvalue weighted by atomic mass is 10.1. The second-order valence-electron chi connectivity index (χ2n) is 8.65. The molecule has 1 unspecified atom stereocenters. The van der Waals surface area contributed by atoms with Crippen LogP contribution in [0.1, 0.15) is 31.2 Å². The highest BCUT2D eigenvalue weighted by Gasteiger charge is 2.25. The molecule has 1 fully saturated rings. The minimum Gasteiger partial charge on any atom is -0.354 e. The van der Waals surface area contributed by atoms with E-state index >= 15 is 0 Å². The number of piperidine rings is 1. The lowest BCUT2D eigenvalue weighted by Crippen LogP contribution is -2.67. The predicted molar refractivity (Wildman–Crippen MR) is 129 cm³/mol. The summed E-state index contributed by atoms with van der Waals surface area (Å²) in [7, 11) is 0. The number of pyridine rings is 1. The fourth-order valence-electron chi connectivity index (χ4n) is 4.66. The molecule has 1 saturated heterocycles. The highest BCUT2D eigenvalue weighted by molar-refractivity contribution is 5.85. The van der Waals surface area contributed by atoms with Gasteiger partial charge in [0.1, 0.15) is 17.1 Å². The summed E-state index contributed by atoms with van der Waals surface area (Å²) in [5.74, 6) is 6.83. The number of quaternary nitrogens is 1. The molecule has 0 saturated carbocycles. The topological polar surface area (TPSA) is 96.5 Å². The van der Waals surface area contributed by atoms with Gasteiger partial charge in [0.05, 0.1) is 31.5 Å². The van der Waals surface area contributed by atoms with E-state index in [9.17, 15) is 4.79 Å². The smallest absolute Gasteiger partial charge is 0.293 e. The molecule has 1 aliphatic heterocycles. The Kier molecular flexibility index (Phi) is 5.56. The molecular weight excluding hydrogens is 414 g/mol. The third-order valence-electron chi connectivity index (χ3n) is 6.19. The van der Waals surface area contributed by atoms with Gasteiger partial charge in [-0.1, -0.05) is 30.2 Å². The van der Waals surface area contributed by atoms with Gasteiger partial charge in [0.15, 0.2) is 0 Å². The standard InChI is InChI=1S/C25H27N7O/c1-3-4-12-31-23-21(29-25(31)30-11-7-9-19(26)15-30)14-27-32(24(23)33)16-22-20-10-6-5-8-18(20)13-17(2)28-22/h5-6,8,10,13-14,19H,7,9,11-12,15-16,26H2,1-2H3/p+1. The molecule has 0 aliphatic carbocycles. The minimum atomic E-state index is -0.181. The van der Waals surface area contributed by atoms with Crippen LogP contribution in [0.25, 0.3) is 21.8 Å². The van der Waals surface area contributed by atoms with E-state index in [4.69, 9.17) is 9.97 Å². The molecule has 4 heterocycles. The number of aromatic nitrogens is 5. The van der Waals surface area contributed by atoms with E-state index in [2.05, 4.69) is 39.7 Å². The maximum atomic E-state index is 13.6. The van der Waals surface area contributed by atoms with E-state index in [0.29, 0.717) is 30.2 Å². The van der Waals surface area contributed by atoms with Gasteiger partial charge in [0.25, 0.3) is 5.56 Å². The van der Waals surface area contributed by atoms with Crippen molar-refractivity contribution in [3.63, 3.8) is 0 Å². The third kappa shape index (κ3) is 3.96. The number of aryl methyl sites for hydroxylation is 1. The van der Waals surface area contributed by atoms with Crippen LogP contribution in [0, 0.1) is 18.8 Å². The van der Waals surface area contributed by atoms with Gasteiger partial charge < -0.3 is 10.6 Å². The lowest BCUT2D eigenvalue weighted by Gasteiger charge is -2.29. The maximum Gasteiger partial charge on any atom is 0.293 e. The Bertz CT molecular complexity index is 1460. The van der Waals surface area contributed by atoms with Crippen LogP contribution in [0.5, 0.6) is 0 Å². The normalized spacial score (nSPS) is 16.2. The molecule has 0 spiro atoms. The average molecular weight is 443 g/mol. The summed E-state index contributed by atoms with van der Waals surface area (Å²) in [6.07, 6.45) is 3.85. The number of rotatable bonds is 4. The Labute approximate surface area is 192 Å². The third-order valence-corrected chi connectivity index (χ3v) is 6.19. The number of fused-ring (bicyclic) bond motifs is 2. The number of nitrogens with zero attached hydrogens (tertiary/aromatic N) is 6. The first-order chi connectivity index (χ1) is 16.0. The number of hydrogen-bond donors (Lipinski definition) is 1. The van der Waals surface area contributed by atoms with Gasteiger partial charge in [0, 0.05) is 24.0 Å². The molecule has 8 nitrogen and oxygen atoms in total. The van der Waals surface area contributed by atoms with Crippen LogP contribution in [-0.2, 0) is 13.1 Å². The summed E-state index contributed by atoms with van der Waals surface area (Å²) in [4.78, 5) is 25.4. The highest BCUT2D eigenvalue weighted by Crippen LogP contribution is 2.23. The molecule has 0 radical (unpaired) electrons. The molecule has 3 aromatic heterocycles. The lowest BCUT2D eigenvalue weighted by molar-refractivity contribution is -0.419. The Morgan fingerprint density at radius 1 is 1.24 bits per heavy atom. The molecule has 1 aromatic carbocycles. The monoisotopic (exact) mass is 442 g/mol. The van der Waals surface area contributed by atoms with E-state index in [0.717, 1.165) is 54.0 Å². The second kappa shape index (κ2) is 8.68. The number of benzene rings is 1. The summed E-state index contributed by atoms with van der Waals surface area (Å²) < 4.78 is 3.42. The Morgan fingerprint density at radius 3 is 2.91 bits per heavy atom. The zero-order valence-electron chi connectivity index (χ0n) is 19.1. The van der Waals surface area contributed by atoms with Crippen molar-refractivity contribution in [2.24, 2.45) is 0 Å². The molecule has 5 rings (SSSR count). The molecular formula is C25H28N7O+. The van der Waals surface area contributed by atoms with Gasteiger partial charge in [-0.2, -0.15) is 5.10 Å². The van der Waals surface area contributed by atoms with Crippen molar-refractivity contribution < 1.29 is 5.73 Å². The second-order valence-corrected chi connectivity index (χ2v) is 8.65. The largest absolute Gasteiger partial charge is 0.354 e. The predicted octanol–water partition coefficient (Wildman–Crippen LogP) is 1.73. The van der Waals surface area contributed by atoms with Crippen molar-refractivity contribution in [1.29, 1.82) is 0 Å². The van der Waals surface area contributed by atoms with Crippen molar-refractivity contribution in [3.05, 3.63) is 58.3 Å². The van der Waals surface area contributed by atoms with E-state index < -0.39 is 0 Å². The summed E-state index contributed by atoms with van der Waals surface area (Å²) in [5, 5.41) is 6.58. The molecule has 1 aliphatic rings. The number of hydrogen-bond acceptors (Lipinski definition) is 5. The molecule has 33 heavy (non-hydrogen) atoms. The highest BCUT2D eigenvalue weighted by atomic mass is 16.1. The van der Waals surface area contributed by atoms with Crippen LogP contribution in [-0.4, -0.2) is 43.4 Å². The first-order valence-electron chi connectivity index (χ1n) is 11.3. The van der Waals surface area contributed by atoms with Crippen molar-refractivity contribution in [2.45, 2.75) is 45.8 Å². The Morgan fingerprint density at radius 2 is 2.09 bits per heavy atom. The van der Waals surface area contributed by atoms with Crippen LogP contribution < -0.4 is 16.2 Å². The van der Waals surface area contributed by atoms with Gasteiger partial charge in [-0.3, -0.25) is 14.3 Å². The minimum absolute atomic E-state index is 0.181. The fraction of sp³-hybridized carbons (Fsp3) is 0.360. The fourth-order valence-corrected chi connectivity index (χ4v) is 4.66. The molecule has 0 bridgehead atoms. The molecule has 4 aromatic rings. The summed E-state index contributed by atoms with van der Waals surface area (Å²) >= 11 is 0. The molecule has 0 amide bonds. The molecule has 3 N–H and O–H groups in total. The SMILES string of the molecule is CC#CCn1c(N2CCCC([NH3+])C2)nc2cnn(Cc3nc(C)cc4ccccc34)c(=O)c21. The van der Waals surface area contributed by atoms with Crippen LogP contribution in [0.3, 0.4) is 0 Å². The van der Waals surface area contributed by atoms with Crippen molar-refractivity contribution in [2.75, 3.05) is 18.0 Å². The van der Waals surface area contributed by atoms with Gasteiger partial charge in [-0.05, 0) is 31.7 Å². The first kappa shape index (κ1) is 21.2. The molecule has 1 atom stereocenters. The summed E-state index contributed by atoms with van der Waals surface area (Å²) in [6.45, 7) is 6.20. The van der Waals surface area contributed by atoms with Gasteiger partial charge in [-0.25, -0.2) is 9.67 Å². The van der Waals surface area contributed by atoms with Crippen LogP contribution in [0.4, 0.5) is 5.95 Å². The summed E-state index contributed by atoms with van der Waals surface area (Å²) in [6, 6.07) is 10.5. The zero-order chi connectivity index (χ0) is 22.9. The van der Waals surface area contributed by atoms with E-state index in [1.165, 1.54) is 4.68 Å². The summed E-state index contributed by atoms with van der Waals surface area (Å²) in [5.41, 5.74) is 6.93.